The van der Waals surface area contributed by atoms with Gasteiger partial charge in [-0.2, -0.15) is 10.5 Å². The number of rotatable bonds is 5. The van der Waals surface area contributed by atoms with E-state index < -0.39 is 5.41 Å². The van der Waals surface area contributed by atoms with Crippen LogP contribution in [-0.4, -0.2) is 19.5 Å². The molecule has 6 heteroatoms. The van der Waals surface area contributed by atoms with Gasteiger partial charge in [0.1, 0.15) is 5.69 Å². The van der Waals surface area contributed by atoms with Crippen molar-refractivity contribution in [2.45, 2.75) is 5.41 Å². The second kappa shape index (κ2) is 11.5. The van der Waals surface area contributed by atoms with Gasteiger partial charge in [-0.1, -0.05) is 84.9 Å². The highest BCUT2D eigenvalue weighted by molar-refractivity contribution is 5.99. The Morgan fingerprint density at radius 3 is 2.08 bits per heavy atom. The smallest absolute Gasteiger partial charge is 0.164 e. The first-order valence-electron chi connectivity index (χ1n) is 16.3. The third-order valence-corrected chi connectivity index (χ3v) is 9.67. The largest absolute Gasteiger partial charge is 0.291 e. The van der Waals surface area contributed by atoms with Gasteiger partial charge >= 0.3 is 0 Å². The summed E-state index contributed by atoms with van der Waals surface area (Å²) in [4.78, 5) is 14.9. The van der Waals surface area contributed by atoms with Crippen molar-refractivity contribution < 1.29 is 0 Å². The molecule has 0 amide bonds. The molecule has 3 heterocycles. The summed E-state index contributed by atoms with van der Waals surface area (Å²) in [7, 11) is 0. The first-order chi connectivity index (χ1) is 24.7. The van der Waals surface area contributed by atoms with Crippen LogP contribution in [0.25, 0.3) is 50.5 Å². The standard InChI is InChI=1S/C44H26N6/c45-26-29-23-30(27-46)25-32(24-29)31-15-17-33(18-16-31)44(34-9-8-21-47-28-34)38-13-5-4-12-36(38)37-19-20-40-42(41(37)44)49-43(39-14-6-7-22-48-39)50(40)35-10-2-1-3-11-35/h1-25,28H. The molecule has 0 spiro atoms. The van der Waals surface area contributed by atoms with Crippen molar-refractivity contribution >= 4 is 11.0 Å². The van der Waals surface area contributed by atoms with Gasteiger partial charge in [-0.05, 0) is 93.5 Å². The Morgan fingerprint density at radius 1 is 0.600 bits per heavy atom. The number of nitrogens with zero attached hydrogens (tertiary/aromatic N) is 6. The van der Waals surface area contributed by atoms with E-state index >= 15 is 0 Å². The van der Waals surface area contributed by atoms with E-state index in [0.717, 1.165) is 72.7 Å². The van der Waals surface area contributed by atoms with Gasteiger partial charge in [0, 0.05) is 29.8 Å². The molecule has 0 radical (unpaired) electrons. The Kier molecular flexibility index (Phi) is 6.69. The first kappa shape index (κ1) is 29.0. The van der Waals surface area contributed by atoms with Crippen LogP contribution in [0.5, 0.6) is 0 Å². The summed E-state index contributed by atoms with van der Waals surface area (Å²) in [5.74, 6) is 0.761. The van der Waals surface area contributed by atoms with Gasteiger partial charge in [0.2, 0.25) is 0 Å². The molecule has 1 unspecified atom stereocenters. The molecule has 232 valence electrons. The lowest BCUT2D eigenvalue weighted by atomic mass is 9.67. The van der Waals surface area contributed by atoms with Gasteiger partial charge in [-0.15, -0.1) is 0 Å². The molecular formula is C44H26N6. The van der Waals surface area contributed by atoms with Crippen LogP contribution < -0.4 is 0 Å². The fourth-order valence-corrected chi connectivity index (χ4v) is 7.62. The number of fused-ring (bicyclic) bond motifs is 5. The van der Waals surface area contributed by atoms with Crippen molar-refractivity contribution in [1.29, 1.82) is 10.5 Å². The second-order valence-electron chi connectivity index (χ2n) is 12.3. The number of pyridine rings is 2. The number of benzene rings is 5. The van der Waals surface area contributed by atoms with Crippen molar-refractivity contribution in [3.63, 3.8) is 0 Å². The maximum atomic E-state index is 9.64. The summed E-state index contributed by atoms with van der Waals surface area (Å²) in [6.07, 6.45) is 5.57. The van der Waals surface area contributed by atoms with Crippen LogP contribution in [-0.2, 0) is 5.41 Å². The molecule has 50 heavy (non-hydrogen) atoms. The molecule has 0 saturated heterocycles. The fraction of sp³-hybridized carbons (Fsp3) is 0.0227. The van der Waals surface area contributed by atoms with Gasteiger partial charge in [0.25, 0.3) is 0 Å². The van der Waals surface area contributed by atoms with E-state index in [0.29, 0.717) is 11.1 Å². The van der Waals surface area contributed by atoms with Crippen molar-refractivity contribution in [3.8, 4) is 51.6 Å². The number of para-hydroxylation sites is 1. The Labute approximate surface area is 288 Å². The zero-order valence-corrected chi connectivity index (χ0v) is 26.7. The number of hydrogen-bond donors (Lipinski definition) is 0. The lowest BCUT2D eigenvalue weighted by Crippen LogP contribution is -2.29. The SMILES string of the molecule is N#Cc1cc(C#N)cc(-c2ccc(C3(c4cccnc4)c4ccccc4-c4ccc5c(nc(-c6ccccn6)n5-c5ccccc5)c43)cc2)c1. The zero-order chi connectivity index (χ0) is 33.7. The van der Waals surface area contributed by atoms with Crippen LogP contribution in [0.1, 0.15) is 33.4 Å². The number of aromatic nitrogens is 4. The van der Waals surface area contributed by atoms with Crippen LogP contribution in [0.4, 0.5) is 0 Å². The molecule has 0 bridgehead atoms. The van der Waals surface area contributed by atoms with Crippen LogP contribution in [0.15, 0.2) is 158 Å². The molecular weight excluding hydrogens is 613 g/mol. The Morgan fingerprint density at radius 2 is 1.36 bits per heavy atom. The third kappa shape index (κ3) is 4.30. The Balaban J connectivity index is 1.37. The first-order valence-corrected chi connectivity index (χ1v) is 16.3. The Hall–Kier alpha value is -7.15. The highest BCUT2D eigenvalue weighted by Crippen LogP contribution is 2.58. The summed E-state index contributed by atoms with van der Waals surface area (Å²) in [5, 5.41) is 19.3. The van der Waals surface area contributed by atoms with Crippen LogP contribution in [0.3, 0.4) is 0 Å². The highest BCUT2D eigenvalue weighted by atomic mass is 15.1. The van der Waals surface area contributed by atoms with Gasteiger partial charge in [-0.3, -0.25) is 14.5 Å². The minimum Gasteiger partial charge on any atom is -0.291 e. The maximum Gasteiger partial charge on any atom is 0.164 e. The molecule has 6 nitrogen and oxygen atoms in total. The third-order valence-electron chi connectivity index (χ3n) is 9.67. The highest BCUT2D eigenvalue weighted by Gasteiger charge is 2.48. The quantitative estimate of drug-likeness (QED) is 0.187. The van der Waals surface area contributed by atoms with E-state index in [-0.39, 0.29) is 0 Å². The van der Waals surface area contributed by atoms with Gasteiger partial charge in [-0.25, -0.2) is 4.98 Å². The topological polar surface area (TPSA) is 91.2 Å². The molecule has 0 saturated carbocycles. The molecule has 5 aromatic carbocycles. The minimum atomic E-state index is -0.762. The van der Waals surface area contributed by atoms with Gasteiger partial charge in [0.05, 0.1) is 39.7 Å². The summed E-state index contributed by atoms with van der Waals surface area (Å²) in [5.41, 5.74) is 12.1. The molecule has 0 fully saturated rings. The van der Waals surface area contributed by atoms with Crippen molar-refractivity contribution in [2.24, 2.45) is 0 Å². The van der Waals surface area contributed by atoms with Crippen LogP contribution in [0.2, 0.25) is 0 Å². The van der Waals surface area contributed by atoms with Gasteiger partial charge < -0.3 is 0 Å². The number of nitriles is 2. The lowest BCUT2D eigenvalue weighted by Gasteiger charge is -2.33. The molecule has 1 aliphatic rings. The second-order valence-corrected chi connectivity index (χ2v) is 12.3. The van der Waals surface area contributed by atoms with Crippen LogP contribution in [0, 0.1) is 22.7 Å². The van der Waals surface area contributed by atoms with E-state index in [1.165, 1.54) is 0 Å². The molecule has 1 atom stereocenters. The molecule has 0 aliphatic heterocycles. The average molecular weight is 639 g/mol. The van der Waals surface area contributed by atoms with E-state index in [2.05, 4.69) is 101 Å². The van der Waals surface area contributed by atoms with E-state index in [1.807, 2.05) is 60.8 Å². The normalized spacial score (nSPS) is 14.4. The number of hydrogen-bond acceptors (Lipinski definition) is 5. The number of imidazole rings is 1. The maximum absolute atomic E-state index is 9.64. The van der Waals surface area contributed by atoms with E-state index in [4.69, 9.17) is 9.97 Å². The minimum absolute atomic E-state index is 0.453. The monoisotopic (exact) mass is 638 g/mol. The summed E-state index contributed by atoms with van der Waals surface area (Å²) < 4.78 is 2.20. The summed E-state index contributed by atoms with van der Waals surface area (Å²) in [6, 6.07) is 51.5. The fourth-order valence-electron chi connectivity index (χ4n) is 7.62. The molecule has 0 N–H and O–H groups in total. The summed E-state index contributed by atoms with van der Waals surface area (Å²) in [6.45, 7) is 0. The molecule has 1 aliphatic carbocycles. The van der Waals surface area contributed by atoms with E-state index in [1.54, 1.807) is 18.5 Å². The van der Waals surface area contributed by atoms with E-state index in [9.17, 15) is 10.5 Å². The zero-order valence-electron chi connectivity index (χ0n) is 26.7. The molecule has 9 rings (SSSR count). The van der Waals surface area contributed by atoms with Gasteiger partial charge in [0.15, 0.2) is 5.82 Å². The predicted molar refractivity (Wildman–Crippen MR) is 194 cm³/mol. The Bertz CT molecular complexity index is 2620. The van der Waals surface area contributed by atoms with Crippen LogP contribution >= 0.6 is 0 Å². The predicted octanol–water partition coefficient (Wildman–Crippen LogP) is 9.26. The van der Waals surface area contributed by atoms with Crippen molar-refractivity contribution in [3.05, 3.63) is 191 Å². The lowest BCUT2D eigenvalue weighted by molar-refractivity contribution is 0.768. The average Bonchev–Trinajstić information content (AvgIpc) is 3.73. The van der Waals surface area contributed by atoms with Crippen molar-refractivity contribution in [1.82, 2.24) is 19.5 Å². The summed E-state index contributed by atoms with van der Waals surface area (Å²) >= 11 is 0. The molecule has 3 aromatic heterocycles. The molecule has 8 aromatic rings. The van der Waals surface area contributed by atoms with Crippen molar-refractivity contribution in [2.75, 3.05) is 0 Å².